The Balaban J connectivity index is 0.000000640. The van der Waals surface area contributed by atoms with Crippen LogP contribution in [-0.4, -0.2) is 18.4 Å². The normalized spacial score (nSPS) is 20.2. The molecule has 0 N–H and O–H groups in total. The number of esters is 1. The van der Waals surface area contributed by atoms with Gasteiger partial charge in [-0.05, 0) is 49.8 Å². The van der Waals surface area contributed by atoms with Crippen LogP contribution in [0.4, 0.5) is 0 Å². The molecule has 0 aromatic heterocycles. The third kappa shape index (κ3) is 4.24. The molecule has 0 unspecified atom stereocenters. The van der Waals surface area contributed by atoms with Gasteiger partial charge < -0.3 is 4.74 Å². The summed E-state index contributed by atoms with van der Waals surface area (Å²) in [6, 6.07) is 17.6. The summed E-state index contributed by atoms with van der Waals surface area (Å²) in [5.41, 5.74) is 1.95. The average molecular weight is 379 g/mol. The lowest BCUT2D eigenvalue weighted by Crippen LogP contribution is -2.43. The van der Waals surface area contributed by atoms with Gasteiger partial charge in [0.25, 0.3) is 0 Å². The zero-order valence-corrected chi connectivity index (χ0v) is 17.1. The van der Waals surface area contributed by atoms with Gasteiger partial charge in [-0.15, -0.1) is 6.58 Å². The summed E-state index contributed by atoms with van der Waals surface area (Å²) < 4.78 is 5.47. The first-order valence-electron chi connectivity index (χ1n) is 9.96. The molecule has 0 radical (unpaired) electrons. The van der Waals surface area contributed by atoms with Crippen molar-refractivity contribution in [2.24, 2.45) is 0 Å². The quantitative estimate of drug-likeness (QED) is 0.503. The maximum Gasteiger partial charge on any atom is 0.321 e. The first kappa shape index (κ1) is 21.6. The molecule has 28 heavy (non-hydrogen) atoms. The van der Waals surface area contributed by atoms with Crippen LogP contribution in [0, 0.1) is 0 Å². The number of hydrogen-bond donors (Lipinski definition) is 0. The molecule has 2 aromatic carbocycles. The topological polar surface area (TPSA) is 43.4 Å². The standard InChI is InChI=1S/C21H22O3.C4H8/c1-3-24-20(23)21(16-9-5-4-6-10-16)14-13-17(15(2)22)18-11-7-8-12-19(18)21;1-3-4-2/h4-12,17H,3,13-14H2,1-2H3;3H,1,4H2,2H3/t17-,21-;/m0./s1. The molecule has 0 amide bonds. The molecule has 1 aliphatic rings. The van der Waals surface area contributed by atoms with E-state index < -0.39 is 5.41 Å². The van der Waals surface area contributed by atoms with Crippen LogP contribution >= 0.6 is 0 Å². The smallest absolute Gasteiger partial charge is 0.321 e. The molecule has 148 valence electrons. The Hall–Kier alpha value is -2.68. The van der Waals surface area contributed by atoms with E-state index in [1.807, 2.05) is 67.6 Å². The molecular formula is C25H30O3. The van der Waals surface area contributed by atoms with Crippen molar-refractivity contribution in [2.75, 3.05) is 6.61 Å². The van der Waals surface area contributed by atoms with Crippen LogP contribution in [0.1, 0.15) is 62.6 Å². The lowest BCUT2D eigenvalue weighted by atomic mass is 9.62. The van der Waals surface area contributed by atoms with E-state index in [1.54, 1.807) is 6.92 Å². The Kier molecular flexibility index (Phi) is 7.74. The molecule has 0 saturated heterocycles. The van der Waals surface area contributed by atoms with Gasteiger partial charge in [-0.25, -0.2) is 0 Å². The molecule has 0 saturated carbocycles. The van der Waals surface area contributed by atoms with E-state index in [2.05, 4.69) is 13.5 Å². The SMILES string of the molecule is C=CCC.CCOC(=O)[C@]1(c2ccccc2)CC[C@@H](C(C)=O)c2ccccc21. The van der Waals surface area contributed by atoms with Gasteiger partial charge in [-0.1, -0.05) is 67.6 Å². The van der Waals surface area contributed by atoms with Crippen LogP contribution in [0.5, 0.6) is 0 Å². The van der Waals surface area contributed by atoms with Crippen LogP contribution < -0.4 is 0 Å². The highest BCUT2D eigenvalue weighted by Crippen LogP contribution is 2.47. The molecule has 2 atom stereocenters. The van der Waals surface area contributed by atoms with Gasteiger partial charge >= 0.3 is 5.97 Å². The maximum absolute atomic E-state index is 13.1. The average Bonchev–Trinajstić information content (AvgIpc) is 2.73. The van der Waals surface area contributed by atoms with Crippen molar-refractivity contribution in [2.45, 2.75) is 51.4 Å². The number of Topliss-reactive ketones (excluding diaryl/α,β-unsaturated/α-hetero) is 1. The first-order chi connectivity index (χ1) is 13.5. The molecule has 0 spiro atoms. The summed E-state index contributed by atoms with van der Waals surface area (Å²) in [6.45, 7) is 9.33. The van der Waals surface area contributed by atoms with E-state index in [1.165, 1.54) is 0 Å². The van der Waals surface area contributed by atoms with Gasteiger partial charge in [0.05, 0.1) is 6.61 Å². The van der Waals surface area contributed by atoms with Crippen molar-refractivity contribution < 1.29 is 14.3 Å². The second-order valence-corrected chi connectivity index (χ2v) is 6.98. The number of carbonyl (C=O) groups excluding carboxylic acids is 2. The van der Waals surface area contributed by atoms with Crippen LogP contribution in [0.15, 0.2) is 67.3 Å². The van der Waals surface area contributed by atoms with E-state index in [9.17, 15) is 9.59 Å². The van der Waals surface area contributed by atoms with Gasteiger partial charge in [0.15, 0.2) is 0 Å². The van der Waals surface area contributed by atoms with Crippen molar-refractivity contribution in [3.63, 3.8) is 0 Å². The number of ether oxygens (including phenoxy) is 1. The molecule has 0 aliphatic heterocycles. The third-order valence-corrected chi connectivity index (χ3v) is 5.27. The van der Waals surface area contributed by atoms with E-state index in [0.29, 0.717) is 19.4 Å². The van der Waals surface area contributed by atoms with E-state index in [0.717, 1.165) is 23.1 Å². The molecule has 0 heterocycles. The fourth-order valence-electron chi connectivity index (χ4n) is 3.87. The Bertz CT molecular complexity index is 810. The maximum atomic E-state index is 13.1. The zero-order chi connectivity index (χ0) is 20.6. The fraction of sp³-hybridized carbons (Fsp3) is 0.360. The Morgan fingerprint density at radius 2 is 1.71 bits per heavy atom. The molecule has 3 rings (SSSR count). The van der Waals surface area contributed by atoms with E-state index >= 15 is 0 Å². The summed E-state index contributed by atoms with van der Waals surface area (Å²) in [5, 5.41) is 0. The second-order valence-electron chi connectivity index (χ2n) is 6.98. The molecule has 3 nitrogen and oxygen atoms in total. The van der Waals surface area contributed by atoms with Crippen LogP contribution in [-0.2, 0) is 19.7 Å². The Morgan fingerprint density at radius 1 is 1.11 bits per heavy atom. The highest BCUT2D eigenvalue weighted by Gasteiger charge is 2.48. The molecular weight excluding hydrogens is 348 g/mol. The van der Waals surface area contributed by atoms with Gasteiger partial charge in [0, 0.05) is 5.92 Å². The van der Waals surface area contributed by atoms with Gasteiger partial charge in [0.1, 0.15) is 11.2 Å². The minimum atomic E-state index is -0.834. The number of benzene rings is 2. The van der Waals surface area contributed by atoms with Crippen molar-refractivity contribution >= 4 is 11.8 Å². The van der Waals surface area contributed by atoms with Crippen LogP contribution in [0.3, 0.4) is 0 Å². The summed E-state index contributed by atoms with van der Waals surface area (Å²) in [4.78, 5) is 25.1. The van der Waals surface area contributed by atoms with Gasteiger partial charge in [-0.2, -0.15) is 0 Å². The van der Waals surface area contributed by atoms with Gasteiger partial charge in [0.2, 0.25) is 0 Å². The zero-order valence-electron chi connectivity index (χ0n) is 17.1. The number of allylic oxidation sites excluding steroid dienone is 1. The predicted octanol–water partition coefficient (Wildman–Crippen LogP) is 5.58. The second kappa shape index (κ2) is 10.0. The number of carbonyl (C=O) groups is 2. The third-order valence-electron chi connectivity index (χ3n) is 5.27. The minimum Gasteiger partial charge on any atom is -0.465 e. The summed E-state index contributed by atoms with van der Waals surface area (Å²) in [6.07, 6.45) is 4.19. The van der Waals surface area contributed by atoms with Crippen molar-refractivity contribution in [1.29, 1.82) is 0 Å². The highest BCUT2D eigenvalue weighted by atomic mass is 16.5. The number of rotatable bonds is 5. The monoisotopic (exact) mass is 378 g/mol. The summed E-state index contributed by atoms with van der Waals surface area (Å²) in [7, 11) is 0. The van der Waals surface area contributed by atoms with Crippen LogP contribution in [0.25, 0.3) is 0 Å². The highest BCUT2D eigenvalue weighted by molar-refractivity contribution is 5.91. The molecule has 0 fully saturated rings. The minimum absolute atomic E-state index is 0.146. The number of fused-ring (bicyclic) bond motifs is 1. The first-order valence-corrected chi connectivity index (χ1v) is 9.96. The number of ketones is 1. The van der Waals surface area contributed by atoms with E-state index in [4.69, 9.17) is 4.74 Å². The molecule has 1 aliphatic carbocycles. The predicted molar refractivity (Wildman–Crippen MR) is 113 cm³/mol. The summed E-state index contributed by atoms with van der Waals surface area (Å²) >= 11 is 0. The lowest BCUT2D eigenvalue weighted by molar-refractivity contribution is -0.149. The van der Waals surface area contributed by atoms with Crippen molar-refractivity contribution in [1.82, 2.24) is 0 Å². The van der Waals surface area contributed by atoms with Crippen molar-refractivity contribution in [3.05, 3.63) is 83.9 Å². The van der Waals surface area contributed by atoms with Gasteiger partial charge in [-0.3, -0.25) is 9.59 Å². The molecule has 0 bridgehead atoms. The Labute approximate surface area is 168 Å². The lowest BCUT2D eigenvalue weighted by Gasteiger charge is -2.40. The molecule has 3 heteroatoms. The summed E-state index contributed by atoms with van der Waals surface area (Å²) in [5.74, 6) is -0.230. The van der Waals surface area contributed by atoms with Crippen molar-refractivity contribution in [3.8, 4) is 0 Å². The molecule has 2 aromatic rings. The fourth-order valence-corrected chi connectivity index (χ4v) is 3.87. The largest absolute Gasteiger partial charge is 0.465 e. The van der Waals surface area contributed by atoms with Crippen LogP contribution in [0.2, 0.25) is 0 Å². The number of hydrogen-bond acceptors (Lipinski definition) is 3. The van der Waals surface area contributed by atoms with E-state index in [-0.39, 0.29) is 17.7 Å². The Morgan fingerprint density at radius 3 is 2.29 bits per heavy atom.